The highest BCUT2D eigenvalue weighted by Crippen LogP contribution is 2.05. The van der Waals surface area contributed by atoms with Crippen molar-refractivity contribution in [1.29, 1.82) is 0 Å². The molecule has 1 heterocycles. The average molecular weight is 356 g/mol. The fraction of sp³-hybridized carbons (Fsp3) is 0.381. The van der Waals surface area contributed by atoms with Crippen molar-refractivity contribution in [2.45, 2.75) is 52.0 Å². The van der Waals surface area contributed by atoms with E-state index in [1.807, 2.05) is 12.4 Å². The van der Waals surface area contributed by atoms with Crippen LogP contribution in [0, 0.1) is 5.82 Å². The molecule has 0 aliphatic carbocycles. The van der Waals surface area contributed by atoms with Crippen LogP contribution < -0.4 is 9.99 Å². The number of hydrazone groups is 1. The largest absolute Gasteiger partial charge is 0.271 e. The third kappa shape index (κ3) is 7.13. The quantitative estimate of drug-likeness (QED) is 0.294. The van der Waals surface area contributed by atoms with Gasteiger partial charge in [0.2, 0.25) is 0 Å². The molecule has 1 amide bonds. The van der Waals surface area contributed by atoms with Crippen molar-refractivity contribution >= 4 is 12.1 Å². The molecule has 0 radical (unpaired) electrons. The van der Waals surface area contributed by atoms with E-state index in [2.05, 4.69) is 22.0 Å². The summed E-state index contributed by atoms with van der Waals surface area (Å²) in [6, 6.07) is 9.48. The lowest BCUT2D eigenvalue weighted by Gasteiger charge is -2.01. The van der Waals surface area contributed by atoms with Crippen molar-refractivity contribution in [2.24, 2.45) is 5.10 Å². The predicted molar refractivity (Wildman–Crippen MR) is 101 cm³/mol. The summed E-state index contributed by atoms with van der Waals surface area (Å²) in [5.41, 5.74) is 3.76. The Morgan fingerprint density at radius 3 is 2.38 bits per heavy atom. The van der Waals surface area contributed by atoms with Crippen molar-refractivity contribution in [3.8, 4) is 0 Å². The second-order valence-electron chi connectivity index (χ2n) is 6.34. The Morgan fingerprint density at radius 1 is 1.04 bits per heavy atom. The number of benzene rings is 1. The predicted octanol–water partition coefficient (Wildman–Crippen LogP) is 4.24. The first-order chi connectivity index (χ1) is 12.7. The van der Waals surface area contributed by atoms with E-state index in [1.165, 1.54) is 50.5 Å². The monoisotopic (exact) mass is 356 g/mol. The smallest absolute Gasteiger partial charge is 0.267 e. The number of nitrogens with zero attached hydrogens (tertiary/aromatic N) is 2. The molecule has 0 unspecified atom stereocenters. The van der Waals surface area contributed by atoms with Crippen LogP contribution in [0.25, 0.3) is 0 Å². The van der Waals surface area contributed by atoms with Crippen LogP contribution in [0.5, 0.6) is 0 Å². The maximum atomic E-state index is 12.8. The van der Waals surface area contributed by atoms with E-state index in [9.17, 15) is 9.18 Å². The summed E-state index contributed by atoms with van der Waals surface area (Å²) in [7, 11) is 0. The lowest BCUT2D eigenvalue weighted by atomic mass is 10.1. The fourth-order valence-electron chi connectivity index (χ4n) is 2.61. The van der Waals surface area contributed by atoms with Gasteiger partial charge in [-0.1, -0.05) is 44.7 Å². The number of amides is 1. The molecule has 1 aromatic carbocycles. The minimum Gasteiger partial charge on any atom is -0.267 e. The Morgan fingerprint density at radius 2 is 1.69 bits per heavy atom. The minimum atomic E-state index is -0.301. The number of aromatic nitrogens is 1. The van der Waals surface area contributed by atoms with Gasteiger partial charge in [-0.2, -0.15) is 5.10 Å². The number of rotatable bonds is 10. The molecule has 4 nitrogen and oxygen atoms in total. The van der Waals surface area contributed by atoms with Gasteiger partial charge in [-0.3, -0.25) is 4.79 Å². The second-order valence-corrected chi connectivity index (χ2v) is 6.34. The minimum absolute atomic E-state index is 0.268. The molecule has 0 aliphatic rings. The molecule has 0 bridgehead atoms. The number of carbonyl (C=O) groups excluding carboxylic acids is 1. The maximum absolute atomic E-state index is 12.8. The number of aryl methyl sites for hydroxylation is 1. The van der Waals surface area contributed by atoms with Gasteiger partial charge in [-0.05, 0) is 24.1 Å². The number of halogens is 1. The van der Waals surface area contributed by atoms with Crippen molar-refractivity contribution in [2.75, 3.05) is 0 Å². The van der Waals surface area contributed by atoms with Gasteiger partial charge in [0.25, 0.3) is 5.91 Å². The zero-order chi connectivity index (χ0) is 18.6. The van der Waals surface area contributed by atoms with E-state index in [0.29, 0.717) is 5.56 Å². The summed E-state index contributed by atoms with van der Waals surface area (Å²) in [6.45, 7) is 3.19. The zero-order valence-electron chi connectivity index (χ0n) is 15.3. The van der Waals surface area contributed by atoms with Crippen molar-refractivity contribution in [3.63, 3.8) is 0 Å². The normalized spacial score (nSPS) is 11.0. The molecule has 0 atom stereocenters. The van der Waals surface area contributed by atoms with Crippen LogP contribution in [0.4, 0.5) is 4.39 Å². The van der Waals surface area contributed by atoms with Gasteiger partial charge in [-0.15, -0.1) is 0 Å². The molecule has 0 fully saturated rings. The molecular formula is C21H27FN3O+. The third-order valence-electron chi connectivity index (χ3n) is 4.17. The highest BCUT2D eigenvalue weighted by Gasteiger charge is 2.07. The Bertz CT molecular complexity index is 696. The first kappa shape index (κ1) is 19.8. The number of unbranched alkanes of at least 4 members (excludes halogenated alkanes) is 5. The van der Waals surface area contributed by atoms with E-state index in [1.54, 1.807) is 24.3 Å². The van der Waals surface area contributed by atoms with Gasteiger partial charge in [0.15, 0.2) is 12.4 Å². The summed E-state index contributed by atoms with van der Waals surface area (Å²) in [5.74, 6) is -0.570. The fourth-order valence-corrected chi connectivity index (χ4v) is 2.61. The molecule has 0 saturated carbocycles. The molecule has 26 heavy (non-hydrogen) atoms. The molecule has 138 valence electrons. The van der Waals surface area contributed by atoms with E-state index in [4.69, 9.17) is 0 Å². The second kappa shape index (κ2) is 11.1. The summed E-state index contributed by atoms with van der Waals surface area (Å²) in [5, 5.41) is 3.90. The van der Waals surface area contributed by atoms with Gasteiger partial charge in [0.1, 0.15) is 12.4 Å². The number of hydrogen-bond donors (Lipinski definition) is 1. The van der Waals surface area contributed by atoms with E-state index < -0.39 is 0 Å². The molecular weight excluding hydrogens is 329 g/mol. The number of nitrogens with one attached hydrogen (secondary N) is 1. The van der Waals surface area contributed by atoms with Crippen LogP contribution in [0.2, 0.25) is 0 Å². The molecule has 0 saturated heterocycles. The van der Waals surface area contributed by atoms with Crippen LogP contribution in [0.15, 0.2) is 53.9 Å². The Labute approximate surface area is 154 Å². The Balaban J connectivity index is 1.74. The van der Waals surface area contributed by atoms with Crippen molar-refractivity contribution in [1.82, 2.24) is 5.43 Å². The zero-order valence-corrected chi connectivity index (χ0v) is 15.3. The van der Waals surface area contributed by atoms with Gasteiger partial charge < -0.3 is 0 Å². The highest BCUT2D eigenvalue weighted by atomic mass is 19.1. The van der Waals surface area contributed by atoms with E-state index in [-0.39, 0.29) is 11.7 Å². The molecule has 5 heteroatoms. The third-order valence-corrected chi connectivity index (χ3v) is 4.17. The van der Waals surface area contributed by atoms with Crippen LogP contribution in [-0.2, 0) is 6.54 Å². The Hall–Kier alpha value is -2.56. The van der Waals surface area contributed by atoms with E-state index in [0.717, 1.165) is 18.5 Å². The number of hydrogen-bond acceptors (Lipinski definition) is 2. The van der Waals surface area contributed by atoms with Crippen LogP contribution >= 0.6 is 0 Å². The maximum Gasteiger partial charge on any atom is 0.271 e. The Kier molecular flexibility index (Phi) is 8.46. The van der Waals surface area contributed by atoms with Gasteiger partial charge >= 0.3 is 0 Å². The molecule has 0 aliphatic heterocycles. The molecule has 1 N–H and O–H groups in total. The summed E-state index contributed by atoms with van der Waals surface area (Å²) >= 11 is 0. The summed E-state index contributed by atoms with van der Waals surface area (Å²) in [6.07, 6.45) is 12.9. The molecule has 0 spiro atoms. The lowest BCUT2D eigenvalue weighted by Crippen LogP contribution is -2.33. The SMILES string of the molecule is CCCCCCCC[n+]1ccc(C(=O)NN=Cc2ccc(F)cc2)cc1. The summed E-state index contributed by atoms with van der Waals surface area (Å²) < 4.78 is 14.9. The number of pyridine rings is 1. The molecule has 2 rings (SSSR count). The topological polar surface area (TPSA) is 45.3 Å². The van der Waals surface area contributed by atoms with E-state index >= 15 is 0 Å². The van der Waals surface area contributed by atoms with Gasteiger partial charge in [-0.25, -0.2) is 14.4 Å². The first-order valence-electron chi connectivity index (χ1n) is 9.27. The average Bonchev–Trinajstić information content (AvgIpc) is 2.66. The first-order valence-corrected chi connectivity index (χ1v) is 9.27. The van der Waals surface area contributed by atoms with Crippen LogP contribution in [0.1, 0.15) is 61.4 Å². The van der Waals surface area contributed by atoms with Crippen molar-refractivity contribution in [3.05, 3.63) is 65.7 Å². The van der Waals surface area contributed by atoms with Gasteiger partial charge in [0.05, 0.1) is 11.8 Å². The lowest BCUT2D eigenvalue weighted by molar-refractivity contribution is -0.697. The summed E-state index contributed by atoms with van der Waals surface area (Å²) in [4.78, 5) is 12.1. The highest BCUT2D eigenvalue weighted by molar-refractivity contribution is 5.94. The number of carbonyl (C=O) groups is 1. The van der Waals surface area contributed by atoms with Crippen molar-refractivity contribution < 1.29 is 13.8 Å². The molecule has 1 aromatic heterocycles. The van der Waals surface area contributed by atoms with Gasteiger partial charge in [0, 0.05) is 18.6 Å². The van der Waals surface area contributed by atoms with Crippen LogP contribution in [0.3, 0.4) is 0 Å². The van der Waals surface area contributed by atoms with Crippen LogP contribution in [-0.4, -0.2) is 12.1 Å². The standard InChI is InChI=1S/C21H26FN3O/c1-2-3-4-5-6-7-14-25-15-12-19(13-16-25)21(26)24-23-17-18-8-10-20(22)11-9-18/h8-13,15-17H,2-7,14H2,1H3/p+1. The molecule has 2 aromatic rings.